The molecule has 2 bridgehead atoms. The number of ether oxygens (including phenoxy) is 4. The Bertz CT molecular complexity index is 1760. The normalized spacial score (nSPS) is 39.1. The number of allylic oxidation sites excluding steroid dienone is 6. The van der Waals surface area contributed by atoms with Crippen molar-refractivity contribution >= 4 is 29.2 Å². The van der Waals surface area contributed by atoms with E-state index in [1.54, 1.807) is 48.0 Å². The Morgan fingerprint density at radius 3 is 2.28 bits per heavy atom. The van der Waals surface area contributed by atoms with Crippen LogP contribution in [0.2, 0.25) is 0 Å². The average molecular weight is 914 g/mol. The largest absolute Gasteiger partial charge is 0.460 e. The molecule has 14 heteroatoms. The molecule has 65 heavy (non-hydrogen) atoms. The number of nitrogens with zero attached hydrogens (tertiary/aromatic N) is 1. The van der Waals surface area contributed by atoms with E-state index in [0.717, 1.165) is 5.57 Å². The quantitative estimate of drug-likeness (QED) is 0.142. The molecule has 2 saturated heterocycles. The summed E-state index contributed by atoms with van der Waals surface area (Å²) in [6, 6.07) is -1.15. The fraction of sp³-hybridized carbons (Fsp3) is 0.745. The number of aliphatic hydroxyl groups is 4. The summed E-state index contributed by atoms with van der Waals surface area (Å²) in [7, 11) is 3.13. The summed E-state index contributed by atoms with van der Waals surface area (Å²) in [5.74, 6) is -9.25. The molecule has 1 aliphatic carbocycles. The molecule has 4 N–H and O–H groups in total. The van der Waals surface area contributed by atoms with Gasteiger partial charge >= 0.3 is 5.97 Å². The summed E-state index contributed by atoms with van der Waals surface area (Å²) in [5.41, 5.74) is 1.22. The van der Waals surface area contributed by atoms with Crippen molar-refractivity contribution in [2.75, 3.05) is 27.4 Å². The molecule has 366 valence electrons. The highest BCUT2D eigenvalue weighted by Gasteiger charge is 2.53. The molecule has 3 aliphatic heterocycles. The van der Waals surface area contributed by atoms with Crippen LogP contribution in [0, 0.1) is 41.4 Å². The van der Waals surface area contributed by atoms with Gasteiger partial charge in [-0.15, -0.1) is 0 Å². The number of hydrogen-bond acceptors (Lipinski definition) is 13. The molecule has 3 fully saturated rings. The zero-order chi connectivity index (χ0) is 48.2. The second-order valence-corrected chi connectivity index (χ2v) is 19.7. The molecule has 15 unspecified atom stereocenters. The average Bonchev–Trinajstić information content (AvgIpc) is 3.28. The van der Waals surface area contributed by atoms with Crippen LogP contribution in [0.3, 0.4) is 0 Å². The van der Waals surface area contributed by atoms with Crippen LogP contribution in [0.4, 0.5) is 0 Å². The van der Waals surface area contributed by atoms with Crippen molar-refractivity contribution in [3.63, 3.8) is 0 Å². The number of rotatable bonds is 6. The van der Waals surface area contributed by atoms with Crippen molar-refractivity contribution in [2.45, 2.75) is 174 Å². The molecule has 4 aliphatic rings. The third-order valence-electron chi connectivity index (χ3n) is 14.6. The topological polar surface area (TPSA) is 206 Å². The Balaban J connectivity index is 1.70. The fourth-order valence-electron chi connectivity index (χ4n) is 10.2. The minimum absolute atomic E-state index is 0.00677. The second-order valence-electron chi connectivity index (χ2n) is 19.7. The second kappa shape index (κ2) is 25.1. The zero-order valence-corrected chi connectivity index (χ0v) is 40.4. The van der Waals surface area contributed by atoms with E-state index < -0.39 is 90.3 Å². The van der Waals surface area contributed by atoms with Gasteiger partial charge in [0.05, 0.1) is 43.0 Å². The van der Waals surface area contributed by atoms with E-state index in [2.05, 4.69) is 0 Å². The van der Waals surface area contributed by atoms with Gasteiger partial charge in [-0.1, -0.05) is 71.1 Å². The van der Waals surface area contributed by atoms with Gasteiger partial charge < -0.3 is 44.3 Å². The van der Waals surface area contributed by atoms with Gasteiger partial charge in [0.1, 0.15) is 23.7 Å². The number of hydrogen-bond donors (Lipinski definition) is 4. The molecule has 0 aromatic rings. The highest BCUT2D eigenvalue weighted by atomic mass is 16.6. The van der Waals surface area contributed by atoms with Gasteiger partial charge in [0.2, 0.25) is 5.79 Å². The van der Waals surface area contributed by atoms with Crippen molar-refractivity contribution in [3.8, 4) is 0 Å². The van der Waals surface area contributed by atoms with E-state index in [1.807, 2.05) is 51.2 Å². The summed E-state index contributed by atoms with van der Waals surface area (Å²) in [6.07, 6.45) is 12.0. The predicted octanol–water partition coefficient (Wildman–Crippen LogP) is 5.77. The number of ketones is 3. The van der Waals surface area contributed by atoms with E-state index >= 15 is 0 Å². The molecule has 3 heterocycles. The number of piperidine rings is 1. The number of aliphatic hydroxyl groups excluding tert-OH is 3. The minimum Gasteiger partial charge on any atom is -0.460 e. The lowest BCUT2D eigenvalue weighted by atomic mass is 9.78. The zero-order valence-electron chi connectivity index (χ0n) is 40.4. The van der Waals surface area contributed by atoms with E-state index in [0.29, 0.717) is 69.8 Å². The summed E-state index contributed by atoms with van der Waals surface area (Å²) in [4.78, 5) is 71.7. The van der Waals surface area contributed by atoms with E-state index in [9.17, 15) is 44.4 Å². The van der Waals surface area contributed by atoms with Crippen LogP contribution >= 0.6 is 0 Å². The molecule has 15 atom stereocenters. The SMILES string of the molecule is COC1CC2CCC(C)C(O)(O2)C(=O)C(=O)N2CCCCC2C(=O)OC(C(C)CC2CCC(O)C(OC)C2)CC(=O)C(C)/C=C(\C)C(O)C(CO)C(=O)C(C)CC(C)/C=C/C=CC=C1C. The molecular formula is C51H79NO13. The number of Topliss-reactive ketones (excluding diaryl/α,β-unsaturated/α-hetero) is 3. The Morgan fingerprint density at radius 2 is 1.60 bits per heavy atom. The van der Waals surface area contributed by atoms with Gasteiger partial charge in [-0.05, 0) is 107 Å². The number of amides is 1. The van der Waals surface area contributed by atoms with Crippen molar-refractivity contribution in [1.29, 1.82) is 0 Å². The van der Waals surface area contributed by atoms with Crippen molar-refractivity contribution < 1.29 is 63.3 Å². The Kier molecular flexibility index (Phi) is 21.0. The summed E-state index contributed by atoms with van der Waals surface area (Å²) >= 11 is 0. The van der Waals surface area contributed by atoms with Crippen molar-refractivity contribution in [2.24, 2.45) is 41.4 Å². The van der Waals surface area contributed by atoms with Crippen LogP contribution in [0.1, 0.15) is 126 Å². The third-order valence-corrected chi connectivity index (χ3v) is 14.6. The molecule has 0 aromatic heterocycles. The standard InChI is InChI=1S/C51H79NO13/c1-30-15-11-10-12-16-31(2)43(62-8)27-38-20-18-36(7)51(61,65-38)48(58)49(59)52-22-14-13-17-40(52)50(60)64-44(33(4)25-37-19-21-41(54)45(26-37)63-9)28-42(55)32(3)24-35(6)47(57)39(29-53)46(56)34(5)23-30/h10-12,15-16,24,30,32-34,36-41,43-45,47,53-54,57,61H,13-14,17-23,25-29H2,1-9H3/b12-10?,15-11+,31-16?,35-24+. The summed E-state index contributed by atoms with van der Waals surface area (Å²) in [5, 5.41) is 44.1. The molecule has 1 saturated carbocycles. The highest BCUT2D eigenvalue weighted by Crippen LogP contribution is 2.38. The lowest BCUT2D eigenvalue weighted by Crippen LogP contribution is -2.61. The minimum atomic E-state index is -2.43. The van der Waals surface area contributed by atoms with Crippen LogP contribution in [-0.4, -0.2) is 130 Å². The van der Waals surface area contributed by atoms with E-state index in [-0.39, 0.29) is 54.8 Å². The molecule has 14 nitrogen and oxygen atoms in total. The number of fused-ring (bicyclic) bond motifs is 3. The molecule has 0 radical (unpaired) electrons. The fourth-order valence-corrected chi connectivity index (χ4v) is 10.2. The lowest BCUT2D eigenvalue weighted by molar-refractivity contribution is -0.265. The first-order valence-corrected chi connectivity index (χ1v) is 24.0. The first kappa shape index (κ1) is 54.2. The Hall–Kier alpha value is -3.37. The molecule has 4 rings (SSSR count). The van der Waals surface area contributed by atoms with Crippen LogP contribution in [-0.2, 0) is 42.9 Å². The van der Waals surface area contributed by atoms with Crippen molar-refractivity contribution in [3.05, 3.63) is 47.6 Å². The van der Waals surface area contributed by atoms with Gasteiger partial charge in [-0.3, -0.25) is 19.2 Å². The highest BCUT2D eigenvalue weighted by molar-refractivity contribution is 6.39. The van der Waals surface area contributed by atoms with E-state index in [1.165, 1.54) is 4.90 Å². The summed E-state index contributed by atoms with van der Waals surface area (Å²) in [6.45, 7) is 12.0. The Morgan fingerprint density at radius 1 is 0.877 bits per heavy atom. The smallest absolute Gasteiger partial charge is 0.329 e. The monoisotopic (exact) mass is 914 g/mol. The number of esters is 1. The molecule has 1 amide bonds. The number of carbonyl (C=O) groups excluding carboxylic acids is 5. The number of carbonyl (C=O) groups is 5. The van der Waals surface area contributed by atoms with Gasteiger partial charge in [0.25, 0.3) is 11.7 Å². The maximum Gasteiger partial charge on any atom is 0.329 e. The van der Waals surface area contributed by atoms with Crippen LogP contribution in [0.15, 0.2) is 47.6 Å². The first-order chi connectivity index (χ1) is 30.7. The first-order valence-electron chi connectivity index (χ1n) is 24.0. The van der Waals surface area contributed by atoms with Gasteiger partial charge in [-0.25, -0.2) is 4.79 Å². The van der Waals surface area contributed by atoms with Gasteiger partial charge in [0, 0.05) is 51.4 Å². The van der Waals surface area contributed by atoms with Gasteiger partial charge in [0.15, 0.2) is 0 Å². The maximum absolute atomic E-state index is 14.4. The van der Waals surface area contributed by atoms with Gasteiger partial charge in [-0.2, -0.15) is 0 Å². The van der Waals surface area contributed by atoms with E-state index in [4.69, 9.17) is 18.9 Å². The lowest BCUT2D eigenvalue weighted by Gasteiger charge is -2.42. The number of methoxy groups -OCH3 is 2. The van der Waals surface area contributed by atoms with Crippen LogP contribution < -0.4 is 0 Å². The molecular weight excluding hydrogens is 835 g/mol. The molecule has 0 spiro atoms. The van der Waals surface area contributed by atoms with Crippen molar-refractivity contribution in [1.82, 2.24) is 4.90 Å². The predicted molar refractivity (Wildman–Crippen MR) is 245 cm³/mol. The van der Waals surface area contributed by atoms with Crippen LogP contribution in [0.5, 0.6) is 0 Å². The molecule has 0 aromatic carbocycles. The Labute approximate surface area is 386 Å². The number of cyclic esters (lactones) is 1. The maximum atomic E-state index is 14.4. The van der Waals surface area contributed by atoms with Crippen LogP contribution in [0.25, 0.3) is 0 Å². The third kappa shape index (κ3) is 14.3. The summed E-state index contributed by atoms with van der Waals surface area (Å²) < 4.78 is 23.8.